The third-order valence-corrected chi connectivity index (χ3v) is 3.49. The van der Waals surface area contributed by atoms with Gasteiger partial charge in [0.05, 0.1) is 12.7 Å². The van der Waals surface area contributed by atoms with Crippen molar-refractivity contribution in [1.82, 2.24) is 10.2 Å². The minimum absolute atomic E-state index is 0.366. The maximum atomic E-state index is 5.90. The van der Waals surface area contributed by atoms with E-state index in [-0.39, 0.29) is 0 Å². The molecule has 94 valence electrons. The maximum Gasteiger partial charge on any atom is 0.0826 e. The molecule has 0 aromatic carbocycles. The predicted octanol–water partition coefficient (Wildman–Crippen LogP) is 1.49. The van der Waals surface area contributed by atoms with E-state index >= 15 is 0 Å². The van der Waals surface area contributed by atoms with Gasteiger partial charge in [-0.05, 0) is 24.8 Å². The molecular weight excluding hydrogens is 200 g/mol. The quantitative estimate of drug-likeness (QED) is 0.789. The van der Waals surface area contributed by atoms with E-state index in [9.17, 15) is 0 Å². The molecule has 2 aliphatic rings. The van der Waals surface area contributed by atoms with Crippen LogP contribution in [0.3, 0.4) is 0 Å². The third kappa shape index (κ3) is 3.44. The summed E-state index contributed by atoms with van der Waals surface area (Å²) in [6.07, 6.45) is 3.09. The summed E-state index contributed by atoms with van der Waals surface area (Å²) in [5, 5.41) is 3.52. The van der Waals surface area contributed by atoms with Crippen molar-refractivity contribution >= 4 is 0 Å². The normalized spacial score (nSPS) is 31.7. The standard InChI is InChI=1S/C13H26N2O/c1-13(2,3)10-14-7-12-8-15-6-4-5-11(15)9-16-12/h11-12,14H,4-10H2,1-3H3. The fourth-order valence-corrected chi connectivity index (χ4v) is 2.62. The molecule has 3 nitrogen and oxygen atoms in total. The number of nitrogens with zero attached hydrogens (tertiary/aromatic N) is 1. The number of hydrogen-bond acceptors (Lipinski definition) is 3. The molecule has 2 saturated heterocycles. The van der Waals surface area contributed by atoms with Crippen molar-refractivity contribution in [2.45, 2.75) is 45.8 Å². The Morgan fingerprint density at radius 3 is 2.94 bits per heavy atom. The van der Waals surface area contributed by atoms with Crippen molar-refractivity contribution in [2.24, 2.45) is 5.41 Å². The highest BCUT2D eigenvalue weighted by atomic mass is 16.5. The highest BCUT2D eigenvalue weighted by Gasteiger charge is 2.31. The lowest BCUT2D eigenvalue weighted by Gasteiger charge is -2.35. The Morgan fingerprint density at radius 2 is 2.19 bits per heavy atom. The monoisotopic (exact) mass is 226 g/mol. The first kappa shape index (κ1) is 12.3. The van der Waals surface area contributed by atoms with Crippen LogP contribution >= 0.6 is 0 Å². The molecule has 0 spiro atoms. The molecule has 1 N–H and O–H groups in total. The summed E-state index contributed by atoms with van der Waals surface area (Å²) >= 11 is 0. The van der Waals surface area contributed by atoms with Crippen molar-refractivity contribution < 1.29 is 4.74 Å². The lowest BCUT2D eigenvalue weighted by Crippen LogP contribution is -2.50. The van der Waals surface area contributed by atoms with Gasteiger partial charge in [0, 0.05) is 25.7 Å². The van der Waals surface area contributed by atoms with Crippen molar-refractivity contribution in [1.29, 1.82) is 0 Å². The molecular formula is C13H26N2O. The van der Waals surface area contributed by atoms with Crippen LogP contribution in [0.1, 0.15) is 33.6 Å². The molecule has 2 aliphatic heterocycles. The molecule has 3 heteroatoms. The zero-order valence-electron chi connectivity index (χ0n) is 11.0. The molecule has 0 aromatic heterocycles. The Labute approximate surface area is 99.5 Å². The van der Waals surface area contributed by atoms with Gasteiger partial charge in [0.1, 0.15) is 0 Å². The van der Waals surface area contributed by atoms with Gasteiger partial charge in [-0.3, -0.25) is 4.90 Å². The average Bonchev–Trinajstić information content (AvgIpc) is 2.62. The van der Waals surface area contributed by atoms with Crippen molar-refractivity contribution in [2.75, 3.05) is 32.8 Å². The lowest BCUT2D eigenvalue weighted by atomic mass is 9.97. The summed E-state index contributed by atoms with van der Waals surface area (Å²) in [4.78, 5) is 2.60. The van der Waals surface area contributed by atoms with Gasteiger partial charge in [0.25, 0.3) is 0 Å². The summed E-state index contributed by atoms with van der Waals surface area (Å²) in [5.41, 5.74) is 0.366. The van der Waals surface area contributed by atoms with E-state index < -0.39 is 0 Å². The molecule has 0 bridgehead atoms. The van der Waals surface area contributed by atoms with Crippen molar-refractivity contribution in [3.63, 3.8) is 0 Å². The second-order valence-corrected chi connectivity index (χ2v) is 6.44. The minimum atomic E-state index is 0.366. The molecule has 0 amide bonds. The molecule has 16 heavy (non-hydrogen) atoms. The predicted molar refractivity (Wildman–Crippen MR) is 66.7 cm³/mol. The highest BCUT2D eigenvalue weighted by Crippen LogP contribution is 2.22. The lowest BCUT2D eigenvalue weighted by molar-refractivity contribution is -0.0474. The zero-order valence-corrected chi connectivity index (χ0v) is 11.0. The van der Waals surface area contributed by atoms with E-state index in [1.165, 1.54) is 19.4 Å². The van der Waals surface area contributed by atoms with Crippen LogP contribution in [0.5, 0.6) is 0 Å². The molecule has 2 unspecified atom stereocenters. The van der Waals surface area contributed by atoms with Gasteiger partial charge in [0.15, 0.2) is 0 Å². The van der Waals surface area contributed by atoms with Gasteiger partial charge in [-0.2, -0.15) is 0 Å². The summed E-state index contributed by atoms with van der Waals surface area (Å²) in [6, 6.07) is 0.721. The first-order valence-electron chi connectivity index (χ1n) is 6.61. The van der Waals surface area contributed by atoms with Gasteiger partial charge >= 0.3 is 0 Å². The minimum Gasteiger partial charge on any atom is -0.374 e. The summed E-state index contributed by atoms with van der Waals surface area (Å²) in [7, 11) is 0. The zero-order chi connectivity index (χ0) is 11.6. The topological polar surface area (TPSA) is 24.5 Å². The van der Waals surface area contributed by atoms with Crippen LogP contribution in [0.25, 0.3) is 0 Å². The smallest absolute Gasteiger partial charge is 0.0826 e. The summed E-state index contributed by atoms with van der Waals surface area (Å²) < 4.78 is 5.90. The van der Waals surface area contributed by atoms with E-state index in [1.54, 1.807) is 0 Å². The van der Waals surface area contributed by atoms with E-state index in [0.717, 1.165) is 32.3 Å². The van der Waals surface area contributed by atoms with E-state index in [1.807, 2.05) is 0 Å². The van der Waals surface area contributed by atoms with Gasteiger partial charge in [0.2, 0.25) is 0 Å². The number of fused-ring (bicyclic) bond motifs is 1. The average molecular weight is 226 g/mol. The maximum absolute atomic E-state index is 5.90. The third-order valence-electron chi connectivity index (χ3n) is 3.49. The second kappa shape index (κ2) is 5.03. The number of ether oxygens (including phenoxy) is 1. The number of rotatable bonds is 3. The van der Waals surface area contributed by atoms with Crippen LogP contribution in [0.4, 0.5) is 0 Å². The molecule has 0 radical (unpaired) electrons. The molecule has 0 aliphatic carbocycles. The molecule has 2 atom stereocenters. The fraction of sp³-hybridized carbons (Fsp3) is 1.00. The Bertz CT molecular complexity index is 224. The SMILES string of the molecule is CC(C)(C)CNCC1CN2CCCC2CO1. The molecule has 2 rings (SSSR count). The van der Waals surface area contributed by atoms with Crippen LogP contribution in [-0.4, -0.2) is 49.8 Å². The van der Waals surface area contributed by atoms with E-state index in [2.05, 4.69) is 31.0 Å². The van der Waals surface area contributed by atoms with Crippen LogP contribution < -0.4 is 5.32 Å². The summed E-state index contributed by atoms with van der Waals surface area (Å²) in [6.45, 7) is 12.2. The van der Waals surface area contributed by atoms with Crippen molar-refractivity contribution in [3.05, 3.63) is 0 Å². The Morgan fingerprint density at radius 1 is 1.38 bits per heavy atom. The van der Waals surface area contributed by atoms with Gasteiger partial charge < -0.3 is 10.1 Å². The number of hydrogen-bond donors (Lipinski definition) is 1. The molecule has 2 fully saturated rings. The van der Waals surface area contributed by atoms with Crippen LogP contribution in [-0.2, 0) is 4.74 Å². The largest absolute Gasteiger partial charge is 0.374 e. The number of nitrogens with one attached hydrogen (secondary N) is 1. The summed E-state index contributed by atoms with van der Waals surface area (Å²) in [5.74, 6) is 0. The van der Waals surface area contributed by atoms with Crippen molar-refractivity contribution in [3.8, 4) is 0 Å². The highest BCUT2D eigenvalue weighted by molar-refractivity contribution is 4.86. The van der Waals surface area contributed by atoms with Crippen LogP contribution in [0.2, 0.25) is 0 Å². The van der Waals surface area contributed by atoms with Crippen LogP contribution in [0, 0.1) is 5.41 Å². The number of morpholine rings is 1. The first-order chi connectivity index (χ1) is 7.54. The van der Waals surface area contributed by atoms with Crippen LogP contribution in [0.15, 0.2) is 0 Å². The first-order valence-corrected chi connectivity index (χ1v) is 6.61. The fourth-order valence-electron chi connectivity index (χ4n) is 2.62. The second-order valence-electron chi connectivity index (χ2n) is 6.44. The molecule has 0 saturated carbocycles. The van der Waals surface area contributed by atoms with Gasteiger partial charge in [-0.15, -0.1) is 0 Å². The molecule has 2 heterocycles. The van der Waals surface area contributed by atoms with E-state index in [0.29, 0.717) is 11.5 Å². The Balaban J connectivity index is 1.67. The Hall–Kier alpha value is -0.120. The van der Waals surface area contributed by atoms with Gasteiger partial charge in [-0.25, -0.2) is 0 Å². The van der Waals surface area contributed by atoms with Gasteiger partial charge in [-0.1, -0.05) is 20.8 Å². The van der Waals surface area contributed by atoms with E-state index in [4.69, 9.17) is 4.74 Å². The Kier molecular flexibility index (Phi) is 3.88. The molecule has 0 aromatic rings.